The molecule has 1 aromatic rings. The first kappa shape index (κ1) is 12.9. The van der Waals surface area contributed by atoms with Crippen LogP contribution in [0.3, 0.4) is 0 Å². The molecule has 0 aromatic heterocycles. The third-order valence-corrected chi connectivity index (χ3v) is 3.59. The van der Waals surface area contributed by atoms with Gasteiger partial charge < -0.3 is 15.8 Å². The largest absolute Gasteiger partial charge is 0.496 e. The maximum atomic E-state index is 12.1. The van der Waals surface area contributed by atoms with Crippen LogP contribution in [-0.2, 0) is 0 Å². The van der Waals surface area contributed by atoms with E-state index in [0.29, 0.717) is 23.8 Å². The molecule has 18 heavy (non-hydrogen) atoms. The zero-order valence-electron chi connectivity index (χ0n) is 10.7. The SMILES string of the molecule is COc1ccccc1C(=O)NCC1CCCC1N. The number of nitrogens with one attached hydrogen (secondary N) is 1. The molecule has 4 nitrogen and oxygen atoms in total. The van der Waals surface area contributed by atoms with Gasteiger partial charge in [0.05, 0.1) is 12.7 Å². The average molecular weight is 248 g/mol. The van der Waals surface area contributed by atoms with E-state index in [4.69, 9.17) is 10.5 Å². The van der Waals surface area contributed by atoms with Crippen molar-refractivity contribution < 1.29 is 9.53 Å². The second-order valence-electron chi connectivity index (χ2n) is 4.77. The highest BCUT2D eigenvalue weighted by molar-refractivity contribution is 5.96. The van der Waals surface area contributed by atoms with Crippen molar-refractivity contribution in [2.24, 2.45) is 11.7 Å². The molecule has 2 atom stereocenters. The molecule has 1 aromatic carbocycles. The Labute approximate surface area is 108 Å². The van der Waals surface area contributed by atoms with Crippen LogP contribution in [0.5, 0.6) is 5.75 Å². The highest BCUT2D eigenvalue weighted by Crippen LogP contribution is 2.23. The van der Waals surface area contributed by atoms with Crippen LogP contribution in [0.15, 0.2) is 24.3 Å². The maximum Gasteiger partial charge on any atom is 0.255 e. The molecule has 98 valence electrons. The van der Waals surface area contributed by atoms with Gasteiger partial charge in [-0.2, -0.15) is 0 Å². The lowest BCUT2D eigenvalue weighted by Gasteiger charge is -2.16. The van der Waals surface area contributed by atoms with Crippen LogP contribution in [0, 0.1) is 5.92 Å². The number of rotatable bonds is 4. The smallest absolute Gasteiger partial charge is 0.255 e. The summed E-state index contributed by atoms with van der Waals surface area (Å²) >= 11 is 0. The molecule has 0 aliphatic heterocycles. The number of ether oxygens (including phenoxy) is 1. The molecular formula is C14H20N2O2. The lowest BCUT2D eigenvalue weighted by Crippen LogP contribution is -2.36. The molecule has 3 N–H and O–H groups in total. The first-order valence-corrected chi connectivity index (χ1v) is 6.39. The van der Waals surface area contributed by atoms with Crippen LogP contribution in [0.25, 0.3) is 0 Å². The number of para-hydroxylation sites is 1. The van der Waals surface area contributed by atoms with E-state index in [-0.39, 0.29) is 11.9 Å². The summed E-state index contributed by atoms with van der Waals surface area (Å²) in [5, 5.41) is 2.95. The summed E-state index contributed by atoms with van der Waals surface area (Å²) in [5.41, 5.74) is 6.56. The van der Waals surface area contributed by atoms with E-state index in [9.17, 15) is 4.79 Å². The lowest BCUT2D eigenvalue weighted by molar-refractivity contribution is 0.0943. The van der Waals surface area contributed by atoms with E-state index >= 15 is 0 Å². The van der Waals surface area contributed by atoms with Crippen LogP contribution in [0.4, 0.5) is 0 Å². The quantitative estimate of drug-likeness (QED) is 0.849. The molecule has 1 amide bonds. The monoisotopic (exact) mass is 248 g/mol. The summed E-state index contributed by atoms with van der Waals surface area (Å²) in [7, 11) is 1.57. The summed E-state index contributed by atoms with van der Waals surface area (Å²) in [6, 6.07) is 7.46. The Bertz CT molecular complexity index is 420. The van der Waals surface area contributed by atoms with Crippen molar-refractivity contribution in [2.45, 2.75) is 25.3 Å². The van der Waals surface area contributed by atoms with Gasteiger partial charge in [-0.25, -0.2) is 0 Å². The molecule has 0 spiro atoms. The van der Waals surface area contributed by atoms with E-state index in [1.807, 2.05) is 12.1 Å². The van der Waals surface area contributed by atoms with Crippen molar-refractivity contribution in [3.05, 3.63) is 29.8 Å². The highest BCUT2D eigenvalue weighted by Gasteiger charge is 2.24. The predicted octanol–water partition coefficient (Wildman–Crippen LogP) is 1.55. The van der Waals surface area contributed by atoms with E-state index in [0.717, 1.165) is 19.3 Å². The van der Waals surface area contributed by atoms with Crippen molar-refractivity contribution in [3.8, 4) is 5.75 Å². The predicted molar refractivity (Wildman–Crippen MR) is 70.6 cm³/mol. The van der Waals surface area contributed by atoms with Gasteiger partial charge in [-0.05, 0) is 30.9 Å². The Kier molecular flexibility index (Phi) is 4.20. The molecule has 2 unspecified atom stereocenters. The summed E-state index contributed by atoms with van der Waals surface area (Å²) in [4.78, 5) is 12.1. The third kappa shape index (κ3) is 2.82. The number of hydrogen-bond donors (Lipinski definition) is 2. The topological polar surface area (TPSA) is 64.3 Å². The van der Waals surface area contributed by atoms with Gasteiger partial charge in [0, 0.05) is 12.6 Å². The summed E-state index contributed by atoms with van der Waals surface area (Å²) in [6.45, 7) is 0.651. The van der Waals surface area contributed by atoms with Crippen LogP contribution in [0.2, 0.25) is 0 Å². The Balaban J connectivity index is 1.95. The van der Waals surface area contributed by atoms with Crippen molar-refractivity contribution in [1.29, 1.82) is 0 Å². The summed E-state index contributed by atoms with van der Waals surface area (Å²) < 4.78 is 5.17. The van der Waals surface area contributed by atoms with Gasteiger partial charge in [-0.1, -0.05) is 18.6 Å². The number of carbonyl (C=O) groups is 1. The number of methoxy groups -OCH3 is 1. The zero-order chi connectivity index (χ0) is 13.0. The number of carbonyl (C=O) groups excluding carboxylic acids is 1. The molecule has 1 aliphatic carbocycles. The molecule has 4 heteroatoms. The minimum absolute atomic E-state index is 0.0912. The summed E-state index contributed by atoms with van der Waals surface area (Å²) in [5.74, 6) is 0.918. The average Bonchev–Trinajstić information content (AvgIpc) is 2.81. The molecular weight excluding hydrogens is 228 g/mol. The van der Waals surface area contributed by atoms with Crippen LogP contribution < -0.4 is 15.8 Å². The van der Waals surface area contributed by atoms with Crippen LogP contribution >= 0.6 is 0 Å². The first-order chi connectivity index (χ1) is 8.72. The van der Waals surface area contributed by atoms with Crippen molar-refractivity contribution in [1.82, 2.24) is 5.32 Å². The molecule has 0 bridgehead atoms. The summed E-state index contributed by atoms with van der Waals surface area (Å²) in [6.07, 6.45) is 3.33. The van der Waals surface area contributed by atoms with E-state index in [1.54, 1.807) is 19.2 Å². The molecule has 2 rings (SSSR count). The van der Waals surface area contributed by atoms with E-state index < -0.39 is 0 Å². The lowest BCUT2D eigenvalue weighted by atomic mass is 10.0. The second-order valence-corrected chi connectivity index (χ2v) is 4.77. The van der Waals surface area contributed by atoms with Crippen LogP contribution in [-0.4, -0.2) is 25.6 Å². The molecule has 1 saturated carbocycles. The molecule has 0 heterocycles. The number of benzene rings is 1. The van der Waals surface area contributed by atoms with Gasteiger partial charge >= 0.3 is 0 Å². The number of amides is 1. The van der Waals surface area contributed by atoms with Crippen molar-refractivity contribution >= 4 is 5.91 Å². The van der Waals surface area contributed by atoms with Gasteiger partial charge in [-0.15, -0.1) is 0 Å². The maximum absolute atomic E-state index is 12.1. The van der Waals surface area contributed by atoms with Gasteiger partial charge in [0.2, 0.25) is 0 Å². The Hall–Kier alpha value is -1.55. The molecule has 1 aliphatic rings. The fourth-order valence-electron chi connectivity index (χ4n) is 2.47. The highest BCUT2D eigenvalue weighted by atomic mass is 16.5. The minimum Gasteiger partial charge on any atom is -0.496 e. The van der Waals surface area contributed by atoms with E-state index in [1.165, 1.54) is 0 Å². The van der Waals surface area contributed by atoms with Crippen molar-refractivity contribution in [2.75, 3.05) is 13.7 Å². The van der Waals surface area contributed by atoms with Gasteiger partial charge in [0.15, 0.2) is 0 Å². The minimum atomic E-state index is -0.0912. The molecule has 0 radical (unpaired) electrons. The van der Waals surface area contributed by atoms with Crippen molar-refractivity contribution in [3.63, 3.8) is 0 Å². The molecule has 1 fully saturated rings. The first-order valence-electron chi connectivity index (χ1n) is 6.39. The second kappa shape index (κ2) is 5.87. The fourth-order valence-corrected chi connectivity index (χ4v) is 2.47. The normalized spacial score (nSPS) is 22.8. The Morgan fingerprint density at radius 1 is 1.44 bits per heavy atom. The zero-order valence-corrected chi connectivity index (χ0v) is 10.7. The number of hydrogen-bond acceptors (Lipinski definition) is 3. The van der Waals surface area contributed by atoms with E-state index in [2.05, 4.69) is 5.32 Å². The fraction of sp³-hybridized carbons (Fsp3) is 0.500. The molecule has 0 saturated heterocycles. The third-order valence-electron chi connectivity index (χ3n) is 3.59. The Morgan fingerprint density at radius 2 is 2.22 bits per heavy atom. The number of nitrogens with two attached hydrogens (primary N) is 1. The van der Waals surface area contributed by atoms with Gasteiger partial charge in [0.25, 0.3) is 5.91 Å². The Morgan fingerprint density at radius 3 is 2.89 bits per heavy atom. The van der Waals surface area contributed by atoms with Gasteiger partial charge in [0.1, 0.15) is 5.75 Å². The van der Waals surface area contributed by atoms with Crippen LogP contribution in [0.1, 0.15) is 29.6 Å². The van der Waals surface area contributed by atoms with Gasteiger partial charge in [-0.3, -0.25) is 4.79 Å². The standard InChI is InChI=1S/C14H20N2O2/c1-18-13-8-3-2-6-11(13)14(17)16-9-10-5-4-7-12(10)15/h2-3,6,8,10,12H,4-5,7,9,15H2,1H3,(H,16,17).